The van der Waals surface area contributed by atoms with E-state index in [4.69, 9.17) is 14.2 Å². The highest BCUT2D eigenvalue weighted by Gasteiger charge is 2.14. The Morgan fingerprint density at radius 3 is 2.33 bits per heavy atom. The van der Waals surface area contributed by atoms with Crippen LogP contribution in [0.3, 0.4) is 0 Å². The van der Waals surface area contributed by atoms with E-state index >= 15 is 0 Å². The Bertz CT molecular complexity index is 217. The van der Waals surface area contributed by atoms with E-state index in [1.54, 1.807) is 0 Å². The van der Waals surface area contributed by atoms with Gasteiger partial charge in [0.1, 0.15) is 0 Å². The van der Waals surface area contributed by atoms with E-state index in [0.717, 1.165) is 0 Å². The topological polar surface area (TPSA) is 56.8 Å². The standard InChI is InChI=1S/C13H25NO4/c1-12(15)14-6-7-16-8-9-17-10-11-18-13-4-2-3-5-13/h13H,2-11H2,1H3,(H,14,15). The van der Waals surface area contributed by atoms with Gasteiger partial charge in [0.25, 0.3) is 0 Å². The van der Waals surface area contributed by atoms with Gasteiger partial charge in [0, 0.05) is 13.5 Å². The van der Waals surface area contributed by atoms with E-state index in [1.165, 1.54) is 32.6 Å². The predicted molar refractivity (Wildman–Crippen MR) is 68.5 cm³/mol. The molecule has 0 heterocycles. The summed E-state index contributed by atoms with van der Waals surface area (Å²) in [5.41, 5.74) is 0. The van der Waals surface area contributed by atoms with Crippen LogP contribution in [0.25, 0.3) is 0 Å². The fourth-order valence-electron chi connectivity index (χ4n) is 1.95. The van der Waals surface area contributed by atoms with Gasteiger partial charge in [-0.3, -0.25) is 4.79 Å². The zero-order chi connectivity index (χ0) is 13.1. The van der Waals surface area contributed by atoms with E-state index in [9.17, 15) is 4.79 Å². The van der Waals surface area contributed by atoms with Crippen molar-refractivity contribution < 1.29 is 19.0 Å². The van der Waals surface area contributed by atoms with E-state index in [1.807, 2.05) is 0 Å². The predicted octanol–water partition coefficient (Wildman–Crippen LogP) is 1.11. The third kappa shape index (κ3) is 8.44. The number of amides is 1. The second kappa shape index (κ2) is 10.3. The van der Waals surface area contributed by atoms with Crippen LogP contribution in [0.4, 0.5) is 0 Å². The number of hydrogen-bond acceptors (Lipinski definition) is 4. The van der Waals surface area contributed by atoms with Crippen LogP contribution in [0.5, 0.6) is 0 Å². The zero-order valence-corrected chi connectivity index (χ0v) is 11.3. The molecule has 1 aliphatic rings. The van der Waals surface area contributed by atoms with Crippen molar-refractivity contribution in [3.8, 4) is 0 Å². The zero-order valence-electron chi connectivity index (χ0n) is 11.3. The minimum Gasteiger partial charge on any atom is -0.377 e. The molecule has 1 rings (SSSR count). The van der Waals surface area contributed by atoms with Crippen LogP contribution < -0.4 is 5.32 Å². The lowest BCUT2D eigenvalue weighted by molar-refractivity contribution is -0.119. The Hall–Kier alpha value is -0.650. The number of carbonyl (C=O) groups excluding carboxylic acids is 1. The highest BCUT2D eigenvalue weighted by molar-refractivity contribution is 5.72. The summed E-state index contributed by atoms with van der Waals surface area (Å²) in [7, 11) is 0. The maximum atomic E-state index is 10.6. The Morgan fingerprint density at radius 2 is 1.67 bits per heavy atom. The Balaban J connectivity index is 1.72. The van der Waals surface area contributed by atoms with Gasteiger partial charge in [0.2, 0.25) is 5.91 Å². The van der Waals surface area contributed by atoms with Gasteiger partial charge in [-0.25, -0.2) is 0 Å². The summed E-state index contributed by atoms with van der Waals surface area (Å²) in [5.74, 6) is -0.0288. The molecule has 18 heavy (non-hydrogen) atoms. The number of rotatable bonds is 10. The molecule has 0 aliphatic heterocycles. The molecule has 1 saturated carbocycles. The summed E-state index contributed by atoms with van der Waals surface area (Å²) in [6, 6.07) is 0. The van der Waals surface area contributed by atoms with Crippen molar-refractivity contribution in [3.05, 3.63) is 0 Å². The first-order chi connectivity index (χ1) is 8.79. The molecule has 0 aromatic rings. The number of nitrogens with one attached hydrogen (secondary N) is 1. The molecule has 1 fully saturated rings. The first-order valence-electron chi connectivity index (χ1n) is 6.80. The number of ether oxygens (including phenoxy) is 3. The summed E-state index contributed by atoms with van der Waals surface area (Å²) in [5, 5.41) is 2.66. The fourth-order valence-corrected chi connectivity index (χ4v) is 1.95. The van der Waals surface area contributed by atoms with Gasteiger partial charge in [0.15, 0.2) is 0 Å². The molecule has 0 radical (unpaired) electrons. The molecule has 0 aromatic heterocycles. The molecular weight excluding hydrogens is 234 g/mol. The van der Waals surface area contributed by atoms with Crippen LogP contribution in [0.2, 0.25) is 0 Å². The molecule has 1 N–H and O–H groups in total. The summed E-state index contributed by atoms with van der Waals surface area (Å²) < 4.78 is 16.3. The average Bonchev–Trinajstić information content (AvgIpc) is 2.84. The summed E-state index contributed by atoms with van der Waals surface area (Å²) in [6.07, 6.45) is 5.46. The van der Waals surface area contributed by atoms with Crippen molar-refractivity contribution in [1.29, 1.82) is 0 Å². The summed E-state index contributed by atoms with van der Waals surface area (Å²) >= 11 is 0. The third-order valence-corrected chi connectivity index (χ3v) is 2.88. The van der Waals surface area contributed by atoms with Crippen molar-refractivity contribution in [2.24, 2.45) is 0 Å². The molecule has 5 nitrogen and oxygen atoms in total. The molecular formula is C13H25NO4. The first-order valence-corrected chi connectivity index (χ1v) is 6.80. The molecule has 0 unspecified atom stereocenters. The van der Waals surface area contributed by atoms with Gasteiger partial charge in [-0.2, -0.15) is 0 Å². The highest BCUT2D eigenvalue weighted by atomic mass is 16.5. The molecule has 1 aliphatic carbocycles. The Morgan fingerprint density at radius 1 is 1.06 bits per heavy atom. The number of hydrogen-bond donors (Lipinski definition) is 1. The average molecular weight is 259 g/mol. The maximum absolute atomic E-state index is 10.6. The lowest BCUT2D eigenvalue weighted by Gasteiger charge is -2.11. The molecule has 0 saturated heterocycles. The summed E-state index contributed by atoms with van der Waals surface area (Å²) in [4.78, 5) is 10.6. The van der Waals surface area contributed by atoms with Crippen molar-refractivity contribution in [3.63, 3.8) is 0 Å². The molecule has 5 heteroatoms. The first kappa shape index (κ1) is 15.4. The molecule has 0 atom stereocenters. The van der Waals surface area contributed by atoms with Gasteiger partial charge in [-0.1, -0.05) is 12.8 Å². The lowest BCUT2D eigenvalue weighted by Crippen LogP contribution is -2.25. The maximum Gasteiger partial charge on any atom is 0.216 e. The minimum absolute atomic E-state index is 0.0288. The highest BCUT2D eigenvalue weighted by Crippen LogP contribution is 2.20. The SMILES string of the molecule is CC(=O)NCCOCCOCCOC1CCCC1. The van der Waals surface area contributed by atoms with Crippen LogP contribution in [-0.2, 0) is 19.0 Å². The monoisotopic (exact) mass is 259 g/mol. The van der Waals surface area contributed by atoms with Crippen LogP contribution >= 0.6 is 0 Å². The Kier molecular flexibility index (Phi) is 8.81. The smallest absolute Gasteiger partial charge is 0.216 e. The van der Waals surface area contributed by atoms with Gasteiger partial charge in [0.05, 0.1) is 39.1 Å². The minimum atomic E-state index is -0.0288. The van der Waals surface area contributed by atoms with Crippen LogP contribution in [0.15, 0.2) is 0 Å². The number of carbonyl (C=O) groups is 1. The molecule has 0 bridgehead atoms. The lowest BCUT2D eigenvalue weighted by atomic mass is 10.3. The second-order valence-electron chi connectivity index (χ2n) is 4.48. The van der Waals surface area contributed by atoms with E-state index < -0.39 is 0 Å². The van der Waals surface area contributed by atoms with Gasteiger partial charge >= 0.3 is 0 Å². The second-order valence-corrected chi connectivity index (χ2v) is 4.48. The van der Waals surface area contributed by atoms with Crippen molar-refractivity contribution in [1.82, 2.24) is 5.32 Å². The van der Waals surface area contributed by atoms with Crippen molar-refractivity contribution in [2.45, 2.75) is 38.7 Å². The molecule has 0 aromatic carbocycles. The summed E-state index contributed by atoms with van der Waals surface area (Å²) in [6.45, 7) is 5.02. The van der Waals surface area contributed by atoms with Crippen LogP contribution in [0, 0.1) is 0 Å². The third-order valence-electron chi connectivity index (χ3n) is 2.88. The fraction of sp³-hybridized carbons (Fsp3) is 0.923. The largest absolute Gasteiger partial charge is 0.377 e. The molecule has 1 amide bonds. The van der Waals surface area contributed by atoms with E-state index in [-0.39, 0.29) is 5.91 Å². The normalized spacial score (nSPS) is 16.1. The molecule has 106 valence electrons. The van der Waals surface area contributed by atoms with Crippen molar-refractivity contribution in [2.75, 3.05) is 39.6 Å². The quantitative estimate of drug-likeness (QED) is 0.597. The Labute approximate surface area is 109 Å². The van der Waals surface area contributed by atoms with Crippen LogP contribution in [0.1, 0.15) is 32.6 Å². The van der Waals surface area contributed by atoms with Gasteiger partial charge in [-0.15, -0.1) is 0 Å². The van der Waals surface area contributed by atoms with Gasteiger partial charge in [-0.05, 0) is 12.8 Å². The van der Waals surface area contributed by atoms with Gasteiger partial charge < -0.3 is 19.5 Å². The molecule has 0 spiro atoms. The van der Waals surface area contributed by atoms with E-state index in [2.05, 4.69) is 5.32 Å². The van der Waals surface area contributed by atoms with Crippen molar-refractivity contribution >= 4 is 5.91 Å². The van der Waals surface area contributed by atoms with E-state index in [0.29, 0.717) is 45.7 Å². The van der Waals surface area contributed by atoms with Crippen LogP contribution in [-0.4, -0.2) is 51.6 Å².